The quantitative estimate of drug-likeness (QED) is 0.160. The Bertz CT molecular complexity index is 2330. The zero-order valence-electron chi connectivity index (χ0n) is 28.1. The SMILES string of the molecule is CN(Cc1cccnc1)C(=O)C1=CC(c2cc[nH]c3cccc2-3)=CC1.COc1cc(-c2ccccc2)cc2ncc(-c3c[nH]c(C(C)=O)c3)n12. The molecule has 0 fully saturated rings. The molecule has 1 aromatic carbocycles. The number of amides is 1. The van der Waals surface area contributed by atoms with Crippen molar-refractivity contribution in [3.63, 3.8) is 0 Å². The fourth-order valence-corrected chi connectivity index (χ4v) is 6.26. The number of fused-ring (bicyclic) bond motifs is 2. The van der Waals surface area contributed by atoms with E-state index in [1.165, 1.54) is 12.5 Å². The summed E-state index contributed by atoms with van der Waals surface area (Å²) in [6.07, 6.45) is 13.9. The van der Waals surface area contributed by atoms with Crippen molar-refractivity contribution >= 4 is 22.9 Å². The number of carbonyl (C=O) groups is 2. The van der Waals surface area contributed by atoms with E-state index in [1.807, 2.05) is 84.5 Å². The van der Waals surface area contributed by atoms with Gasteiger partial charge in [-0.15, -0.1) is 0 Å². The molecule has 3 aliphatic rings. The molecular weight excluding hydrogens is 624 g/mol. The van der Waals surface area contributed by atoms with E-state index in [2.05, 4.69) is 56.3 Å². The number of aromatic amines is 2. The van der Waals surface area contributed by atoms with Crippen LogP contribution in [-0.4, -0.2) is 55.1 Å². The molecule has 4 aromatic heterocycles. The number of hydrogen-bond donors (Lipinski definition) is 2. The van der Waals surface area contributed by atoms with Crippen molar-refractivity contribution in [1.29, 1.82) is 0 Å². The highest BCUT2D eigenvalue weighted by Crippen LogP contribution is 2.35. The van der Waals surface area contributed by atoms with Gasteiger partial charge in [0.1, 0.15) is 5.65 Å². The summed E-state index contributed by atoms with van der Waals surface area (Å²) in [4.78, 5) is 40.9. The first-order valence-corrected chi connectivity index (χ1v) is 16.3. The molecule has 2 aliphatic carbocycles. The molecule has 50 heavy (non-hydrogen) atoms. The van der Waals surface area contributed by atoms with E-state index in [0.29, 0.717) is 24.5 Å². The Morgan fingerprint density at radius 3 is 2.52 bits per heavy atom. The number of methoxy groups -OCH3 is 1. The molecule has 0 spiro atoms. The highest BCUT2D eigenvalue weighted by atomic mass is 16.5. The van der Waals surface area contributed by atoms with Gasteiger partial charge in [0, 0.05) is 73.8 Å². The molecule has 0 saturated carbocycles. The second kappa shape index (κ2) is 13.9. The van der Waals surface area contributed by atoms with Gasteiger partial charge in [-0.1, -0.05) is 54.6 Å². The van der Waals surface area contributed by atoms with Gasteiger partial charge in [0.25, 0.3) is 0 Å². The molecule has 0 bridgehead atoms. The molecule has 0 atom stereocenters. The predicted octanol–water partition coefficient (Wildman–Crippen LogP) is 8.09. The van der Waals surface area contributed by atoms with E-state index in [-0.39, 0.29) is 11.7 Å². The number of nitrogens with one attached hydrogen (secondary N) is 2. The summed E-state index contributed by atoms with van der Waals surface area (Å²) in [6, 6.07) is 28.1. The number of imidazole rings is 1. The van der Waals surface area contributed by atoms with Crippen molar-refractivity contribution in [2.45, 2.75) is 19.9 Å². The number of likely N-dealkylation sites (N-methyl/N-ethyl adjacent to an activating group) is 1. The summed E-state index contributed by atoms with van der Waals surface area (Å²) >= 11 is 0. The van der Waals surface area contributed by atoms with Crippen molar-refractivity contribution < 1.29 is 14.3 Å². The number of hydrogen-bond acceptors (Lipinski definition) is 5. The normalized spacial score (nSPS) is 12.3. The van der Waals surface area contributed by atoms with Crippen LogP contribution >= 0.6 is 0 Å². The summed E-state index contributed by atoms with van der Waals surface area (Å²) < 4.78 is 7.55. The van der Waals surface area contributed by atoms with E-state index >= 15 is 0 Å². The smallest absolute Gasteiger partial charge is 0.250 e. The number of aromatic nitrogens is 5. The average molecular weight is 661 g/mol. The van der Waals surface area contributed by atoms with Crippen LogP contribution in [0.1, 0.15) is 35.0 Å². The third kappa shape index (κ3) is 6.49. The van der Waals surface area contributed by atoms with Crippen LogP contribution in [0.2, 0.25) is 0 Å². The van der Waals surface area contributed by atoms with Gasteiger partial charge in [-0.25, -0.2) is 4.98 Å². The van der Waals surface area contributed by atoms with Crippen molar-refractivity contribution in [3.8, 4) is 39.5 Å². The zero-order valence-corrected chi connectivity index (χ0v) is 28.1. The van der Waals surface area contributed by atoms with Crippen LogP contribution in [0.4, 0.5) is 0 Å². The summed E-state index contributed by atoms with van der Waals surface area (Å²) in [5.74, 6) is 0.754. The predicted molar refractivity (Wildman–Crippen MR) is 196 cm³/mol. The number of ketones is 1. The number of Topliss-reactive ketones (excluding diaryl/α,β-unsaturated/α-hetero) is 1. The number of rotatable bonds is 8. The standard InChI is InChI=1S/C21H19N3O.C20H17N3O2/c1-24(14-15-4-3-10-22-13-15)21(25)17-8-7-16(12-17)18-9-11-23-20-6-2-5-19(18)20;1-13(24)17-8-16(11-21-17)18-12-22-19-9-15(10-20(25-2)23(18)19)14-6-4-3-5-7-14/h2-7,9-13,23H,8,14H2,1H3;3-12,21H,1-2H3. The van der Waals surface area contributed by atoms with Gasteiger partial charge in [0.15, 0.2) is 11.7 Å². The molecule has 1 amide bonds. The van der Waals surface area contributed by atoms with Crippen molar-refractivity contribution in [1.82, 2.24) is 29.2 Å². The maximum Gasteiger partial charge on any atom is 0.250 e. The molecule has 9 nitrogen and oxygen atoms in total. The maximum atomic E-state index is 12.7. The lowest BCUT2D eigenvalue weighted by molar-refractivity contribution is -0.126. The summed E-state index contributed by atoms with van der Waals surface area (Å²) in [6.45, 7) is 2.10. The van der Waals surface area contributed by atoms with Crippen LogP contribution in [0.15, 0.2) is 134 Å². The Morgan fingerprint density at radius 1 is 0.900 bits per heavy atom. The minimum Gasteiger partial charge on any atom is -0.482 e. The second-order valence-corrected chi connectivity index (χ2v) is 12.1. The van der Waals surface area contributed by atoms with Crippen molar-refractivity contribution in [3.05, 3.63) is 150 Å². The zero-order chi connectivity index (χ0) is 34.6. The van der Waals surface area contributed by atoms with Gasteiger partial charge >= 0.3 is 0 Å². The topological polar surface area (TPSA) is 108 Å². The maximum absolute atomic E-state index is 12.7. The third-order valence-electron chi connectivity index (χ3n) is 8.79. The Kier molecular flexibility index (Phi) is 8.94. The Hall–Kier alpha value is -6.48. The molecule has 0 unspecified atom stereocenters. The van der Waals surface area contributed by atoms with Gasteiger partial charge in [-0.2, -0.15) is 0 Å². The lowest BCUT2D eigenvalue weighted by Crippen LogP contribution is -2.27. The van der Waals surface area contributed by atoms with Crippen LogP contribution in [0.3, 0.4) is 0 Å². The van der Waals surface area contributed by atoms with E-state index in [1.54, 1.807) is 30.6 Å². The van der Waals surface area contributed by atoms with Gasteiger partial charge in [-0.3, -0.25) is 19.0 Å². The number of pyridine rings is 3. The number of ether oxygens (including phenoxy) is 1. The van der Waals surface area contributed by atoms with Crippen LogP contribution in [0.25, 0.3) is 44.9 Å². The summed E-state index contributed by atoms with van der Waals surface area (Å²) in [5, 5.41) is 0. The molecule has 1 aliphatic heterocycles. The molecule has 9 heteroatoms. The number of allylic oxidation sites excluding steroid dienone is 3. The average Bonchev–Trinajstić information content (AvgIpc) is 3.98. The fraction of sp³-hybridized carbons (Fsp3) is 0.122. The molecule has 2 N–H and O–H groups in total. The molecule has 0 saturated heterocycles. The first-order chi connectivity index (χ1) is 24.4. The molecule has 248 valence electrons. The van der Waals surface area contributed by atoms with Crippen molar-refractivity contribution in [2.75, 3.05) is 14.2 Å². The largest absolute Gasteiger partial charge is 0.482 e. The van der Waals surface area contributed by atoms with Crippen molar-refractivity contribution in [2.24, 2.45) is 0 Å². The monoisotopic (exact) mass is 660 g/mol. The fourth-order valence-electron chi connectivity index (χ4n) is 6.26. The molecule has 5 aromatic rings. The summed E-state index contributed by atoms with van der Waals surface area (Å²) in [5.41, 5.74) is 11.7. The van der Waals surface area contributed by atoms with Gasteiger partial charge in [0.2, 0.25) is 5.91 Å². The van der Waals surface area contributed by atoms with Crippen LogP contribution in [0.5, 0.6) is 5.88 Å². The van der Waals surface area contributed by atoms with Gasteiger partial charge in [0.05, 0.1) is 24.7 Å². The van der Waals surface area contributed by atoms with Crippen LogP contribution in [-0.2, 0) is 11.3 Å². The van der Waals surface area contributed by atoms with E-state index in [4.69, 9.17) is 4.74 Å². The Labute approximate surface area is 290 Å². The third-order valence-corrected chi connectivity index (χ3v) is 8.79. The highest BCUT2D eigenvalue weighted by Gasteiger charge is 2.21. The number of benzene rings is 1. The first-order valence-electron chi connectivity index (χ1n) is 16.3. The number of H-pyrrole nitrogens is 2. The summed E-state index contributed by atoms with van der Waals surface area (Å²) in [7, 11) is 3.48. The Morgan fingerprint density at radius 2 is 1.76 bits per heavy atom. The van der Waals surface area contributed by atoms with E-state index < -0.39 is 0 Å². The number of carbonyl (C=O) groups excluding carboxylic acids is 2. The molecular formula is C41H36N6O3. The minimum absolute atomic E-state index is 0.00148. The lowest BCUT2D eigenvalue weighted by atomic mass is 10.0. The highest BCUT2D eigenvalue weighted by molar-refractivity contribution is 6.00. The Balaban J connectivity index is 0.000000157. The first kappa shape index (κ1) is 32.1. The van der Waals surface area contributed by atoms with E-state index in [0.717, 1.165) is 56.0 Å². The lowest BCUT2D eigenvalue weighted by Gasteiger charge is -2.17. The van der Waals surface area contributed by atoms with Crippen LogP contribution in [0, 0.1) is 0 Å². The van der Waals surface area contributed by atoms with Crippen LogP contribution < -0.4 is 4.74 Å². The van der Waals surface area contributed by atoms with Gasteiger partial charge < -0.3 is 19.6 Å². The second-order valence-electron chi connectivity index (χ2n) is 12.1. The van der Waals surface area contributed by atoms with Gasteiger partial charge in [-0.05, 0) is 70.7 Å². The van der Waals surface area contributed by atoms with E-state index in [9.17, 15) is 9.59 Å². The minimum atomic E-state index is -0.00148. The molecule has 8 rings (SSSR count). The molecule has 5 heterocycles. The molecule has 0 radical (unpaired) electrons. The number of nitrogens with zero attached hydrogens (tertiary/aromatic N) is 4.